The standard InChI is InChI=1S/C34H34FN5O3/c1-24-9-8-12-26(21-24)37-34(43)40-19-17-39(18-20-40)31-16-15-27(36-32(41)28-13-6-7-14-30(28)35)22-29(31)33(42)38(2)23-25-10-4-3-5-11-25/h3-16,21-22H,17-20,23H2,1-2H3,(H,36,41)(H,37,43). The van der Waals surface area contributed by atoms with Crippen LogP contribution in [0.25, 0.3) is 0 Å². The maximum Gasteiger partial charge on any atom is 0.321 e. The van der Waals surface area contributed by atoms with E-state index >= 15 is 0 Å². The fraction of sp³-hybridized carbons (Fsp3) is 0.206. The number of hydrogen-bond donors (Lipinski definition) is 2. The predicted molar refractivity (Wildman–Crippen MR) is 167 cm³/mol. The molecule has 0 spiro atoms. The number of aryl methyl sites for hydroxylation is 1. The van der Waals surface area contributed by atoms with Gasteiger partial charge in [0.25, 0.3) is 11.8 Å². The van der Waals surface area contributed by atoms with E-state index in [1.165, 1.54) is 18.2 Å². The first-order valence-corrected chi connectivity index (χ1v) is 14.2. The van der Waals surface area contributed by atoms with Gasteiger partial charge in [0.15, 0.2) is 0 Å². The average Bonchev–Trinajstić information content (AvgIpc) is 3.01. The lowest BCUT2D eigenvalue weighted by Crippen LogP contribution is -2.50. The Bertz CT molecular complexity index is 1620. The Kier molecular flexibility index (Phi) is 9.00. The number of amides is 4. The molecule has 0 radical (unpaired) electrons. The van der Waals surface area contributed by atoms with Crippen LogP contribution in [0.5, 0.6) is 0 Å². The second kappa shape index (κ2) is 13.2. The molecular formula is C34H34FN5O3. The first-order chi connectivity index (χ1) is 20.8. The minimum Gasteiger partial charge on any atom is -0.367 e. The van der Waals surface area contributed by atoms with Gasteiger partial charge in [-0.25, -0.2) is 9.18 Å². The van der Waals surface area contributed by atoms with Gasteiger partial charge in [0, 0.05) is 56.8 Å². The summed E-state index contributed by atoms with van der Waals surface area (Å²) < 4.78 is 14.2. The number of nitrogens with zero attached hydrogens (tertiary/aromatic N) is 3. The molecule has 0 unspecified atom stereocenters. The predicted octanol–water partition coefficient (Wildman–Crippen LogP) is 6.01. The number of carbonyl (C=O) groups excluding carboxylic acids is 3. The van der Waals surface area contributed by atoms with Crippen molar-refractivity contribution in [1.82, 2.24) is 9.80 Å². The van der Waals surface area contributed by atoms with Crippen molar-refractivity contribution in [2.24, 2.45) is 0 Å². The number of urea groups is 1. The van der Waals surface area contributed by atoms with Crippen LogP contribution in [-0.2, 0) is 6.54 Å². The zero-order valence-electron chi connectivity index (χ0n) is 24.2. The number of halogens is 1. The molecule has 2 N–H and O–H groups in total. The van der Waals surface area contributed by atoms with Crippen molar-refractivity contribution < 1.29 is 18.8 Å². The second-order valence-corrected chi connectivity index (χ2v) is 10.6. The van der Waals surface area contributed by atoms with Gasteiger partial charge in [0.2, 0.25) is 0 Å². The van der Waals surface area contributed by atoms with E-state index < -0.39 is 11.7 Å². The Morgan fingerprint density at radius 1 is 0.767 bits per heavy atom. The second-order valence-electron chi connectivity index (χ2n) is 10.6. The van der Waals surface area contributed by atoms with Crippen LogP contribution >= 0.6 is 0 Å². The molecule has 9 heteroatoms. The van der Waals surface area contributed by atoms with Crippen molar-refractivity contribution in [2.45, 2.75) is 13.5 Å². The smallest absolute Gasteiger partial charge is 0.321 e. The molecule has 4 aromatic rings. The molecule has 0 saturated carbocycles. The quantitative estimate of drug-likeness (QED) is 0.281. The summed E-state index contributed by atoms with van der Waals surface area (Å²) in [5.74, 6) is -1.45. The third-order valence-electron chi connectivity index (χ3n) is 7.39. The van der Waals surface area contributed by atoms with Crippen LogP contribution in [0.4, 0.5) is 26.2 Å². The van der Waals surface area contributed by atoms with Gasteiger partial charge in [0.05, 0.1) is 11.1 Å². The van der Waals surface area contributed by atoms with Crippen LogP contribution in [0.15, 0.2) is 97.1 Å². The third kappa shape index (κ3) is 7.19. The number of piperazine rings is 1. The number of benzene rings is 4. The minimum atomic E-state index is -0.625. The van der Waals surface area contributed by atoms with Crippen molar-refractivity contribution >= 4 is 34.9 Å². The zero-order chi connectivity index (χ0) is 30.3. The van der Waals surface area contributed by atoms with Gasteiger partial charge in [-0.1, -0.05) is 54.6 Å². The third-order valence-corrected chi connectivity index (χ3v) is 7.39. The molecule has 8 nitrogen and oxygen atoms in total. The van der Waals surface area contributed by atoms with Gasteiger partial charge >= 0.3 is 6.03 Å². The molecule has 1 aliphatic rings. The van der Waals surface area contributed by atoms with Crippen LogP contribution in [0, 0.1) is 12.7 Å². The van der Waals surface area contributed by atoms with Crippen molar-refractivity contribution in [3.63, 3.8) is 0 Å². The molecule has 43 heavy (non-hydrogen) atoms. The largest absolute Gasteiger partial charge is 0.367 e. The summed E-state index contributed by atoms with van der Waals surface area (Å²) in [7, 11) is 1.73. The lowest BCUT2D eigenvalue weighted by atomic mass is 10.1. The van der Waals surface area contributed by atoms with Crippen LogP contribution in [0.2, 0.25) is 0 Å². The van der Waals surface area contributed by atoms with Crippen LogP contribution in [-0.4, -0.2) is 60.9 Å². The van der Waals surface area contributed by atoms with Gasteiger partial charge in [-0.15, -0.1) is 0 Å². The summed E-state index contributed by atoms with van der Waals surface area (Å²) in [5, 5.41) is 5.69. The van der Waals surface area contributed by atoms with Crippen LogP contribution in [0.1, 0.15) is 31.8 Å². The lowest BCUT2D eigenvalue weighted by Gasteiger charge is -2.37. The minimum absolute atomic E-state index is 0.0827. The highest BCUT2D eigenvalue weighted by Crippen LogP contribution is 2.28. The first kappa shape index (κ1) is 29.3. The lowest BCUT2D eigenvalue weighted by molar-refractivity contribution is 0.0785. The summed E-state index contributed by atoms with van der Waals surface area (Å²) in [5.41, 5.74) is 4.19. The molecule has 0 aromatic heterocycles. The van der Waals surface area contributed by atoms with E-state index in [1.807, 2.05) is 61.5 Å². The maximum absolute atomic E-state index is 14.2. The van der Waals surface area contributed by atoms with Crippen LogP contribution < -0.4 is 15.5 Å². The van der Waals surface area contributed by atoms with Gasteiger partial charge in [0.1, 0.15) is 5.82 Å². The SMILES string of the molecule is Cc1cccc(NC(=O)N2CCN(c3ccc(NC(=O)c4ccccc4F)cc3C(=O)N(C)Cc3ccccc3)CC2)c1. The van der Waals surface area contributed by atoms with E-state index in [0.717, 1.165) is 16.8 Å². The number of anilines is 3. The summed E-state index contributed by atoms with van der Waals surface area (Å²) in [6.45, 7) is 4.35. The molecule has 4 aromatic carbocycles. The van der Waals surface area contributed by atoms with E-state index in [2.05, 4.69) is 15.5 Å². The van der Waals surface area contributed by atoms with E-state index in [4.69, 9.17) is 0 Å². The van der Waals surface area contributed by atoms with E-state index in [9.17, 15) is 18.8 Å². The normalized spacial score (nSPS) is 12.9. The van der Waals surface area contributed by atoms with Crippen molar-refractivity contribution in [1.29, 1.82) is 0 Å². The molecule has 0 atom stereocenters. The molecule has 1 fully saturated rings. The topological polar surface area (TPSA) is 85.0 Å². The number of nitrogens with one attached hydrogen (secondary N) is 2. The van der Waals surface area contributed by atoms with Gasteiger partial charge < -0.3 is 25.3 Å². The fourth-order valence-corrected chi connectivity index (χ4v) is 5.12. The van der Waals surface area contributed by atoms with Crippen LogP contribution in [0.3, 0.4) is 0 Å². The number of carbonyl (C=O) groups is 3. The molecule has 1 saturated heterocycles. The molecule has 0 bridgehead atoms. The summed E-state index contributed by atoms with van der Waals surface area (Å²) in [4.78, 5) is 45.0. The molecule has 0 aliphatic carbocycles. The van der Waals surface area contributed by atoms with E-state index in [1.54, 1.807) is 41.1 Å². The Balaban J connectivity index is 1.35. The summed E-state index contributed by atoms with van der Waals surface area (Å²) in [6.07, 6.45) is 0. The summed E-state index contributed by atoms with van der Waals surface area (Å²) >= 11 is 0. The Morgan fingerprint density at radius 3 is 2.19 bits per heavy atom. The van der Waals surface area contributed by atoms with E-state index in [0.29, 0.717) is 49.7 Å². The van der Waals surface area contributed by atoms with E-state index in [-0.39, 0.29) is 17.5 Å². The fourth-order valence-electron chi connectivity index (χ4n) is 5.12. The molecule has 4 amide bonds. The highest BCUT2D eigenvalue weighted by Gasteiger charge is 2.26. The summed E-state index contributed by atoms with van der Waals surface area (Å²) in [6, 6.07) is 28.0. The molecular weight excluding hydrogens is 545 g/mol. The molecule has 220 valence electrons. The Morgan fingerprint density at radius 2 is 1.47 bits per heavy atom. The highest BCUT2D eigenvalue weighted by molar-refractivity contribution is 6.06. The van der Waals surface area contributed by atoms with Gasteiger partial charge in [-0.3, -0.25) is 9.59 Å². The Labute approximate surface area is 250 Å². The molecule has 1 aliphatic heterocycles. The van der Waals surface area contributed by atoms with Crippen molar-refractivity contribution in [3.8, 4) is 0 Å². The maximum atomic E-state index is 14.2. The van der Waals surface area contributed by atoms with Gasteiger partial charge in [-0.2, -0.15) is 0 Å². The number of hydrogen-bond acceptors (Lipinski definition) is 4. The highest BCUT2D eigenvalue weighted by atomic mass is 19.1. The monoisotopic (exact) mass is 579 g/mol. The number of rotatable bonds is 7. The van der Waals surface area contributed by atoms with Gasteiger partial charge in [-0.05, 0) is 60.5 Å². The first-order valence-electron chi connectivity index (χ1n) is 14.2. The molecule has 5 rings (SSSR count). The molecule has 1 heterocycles. The Hall–Kier alpha value is -5.18. The van der Waals surface area contributed by atoms with Crippen molar-refractivity contribution in [2.75, 3.05) is 48.8 Å². The average molecular weight is 580 g/mol. The van der Waals surface area contributed by atoms with Crippen molar-refractivity contribution in [3.05, 3.63) is 125 Å². The zero-order valence-corrected chi connectivity index (χ0v) is 24.2.